The van der Waals surface area contributed by atoms with Crippen LogP contribution in [0.2, 0.25) is 0 Å². The van der Waals surface area contributed by atoms with Crippen molar-refractivity contribution in [3.05, 3.63) is 83.0 Å². The molecule has 0 fully saturated rings. The average Bonchev–Trinajstić information content (AvgIpc) is 2.70. The predicted molar refractivity (Wildman–Crippen MR) is 109 cm³/mol. The molecule has 0 bridgehead atoms. The third-order valence-electron chi connectivity index (χ3n) is 4.33. The number of aliphatic hydroxyl groups excluding tert-OH is 1. The zero-order chi connectivity index (χ0) is 17.9. The summed E-state index contributed by atoms with van der Waals surface area (Å²) in [5.41, 5.74) is 0.101. The molecule has 1 aromatic heterocycles. The molecule has 4 heteroatoms. The minimum Gasteiger partial charge on any atom is -0.494 e. The maximum atomic E-state index is 12.8. The number of rotatable bonds is 5. The van der Waals surface area contributed by atoms with Gasteiger partial charge in [-0.15, -0.1) is 0 Å². The number of fused-ring (bicyclic) bond motifs is 2. The van der Waals surface area contributed by atoms with Crippen LogP contribution in [0.3, 0.4) is 0 Å². The fourth-order valence-electron chi connectivity index (χ4n) is 3.11. The molecule has 0 radical (unpaired) electrons. The lowest BCUT2D eigenvalue weighted by molar-refractivity contribution is 0.233. The molecular weight excluding hydrogens is 344 g/mol. The minimum atomic E-state index is -0.311. The molecule has 3 nitrogen and oxygen atoms in total. The molecule has 0 unspecified atom stereocenters. The minimum absolute atomic E-state index is 0.101. The number of aliphatic hydroxyl groups is 1. The van der Waals surface area contributed by atoms with Crippen molar-refractivity contribution in [1.82, 2.24) is 0 Å². The highest BCUT2D eigenvalue weighted by Gasteiger charge is 2.22. The lowest BCUT2D eigenvalue weighted by Crippen LogP contribution is -2.02. The van der Waals surface area contributed by atoms with Gasteiger partial charge in [0.15, 0.2) is 14.3 Å². The Hall–Kier alpha value is -2.69. The van der Waals surface area contributed by atoms with Gasteiger partial charge in [-0.2, -0.15) is 0 Å². The maximum absolute atomic E-state index is 12.8. The monoisotopic (exact) mass is 363 g/mol. The lowest BCUT2D eigenvalue weighted by Gasteiger charge is -2.06. The van der Waals surface area contributed by atoms with Gasteiger partial charge >= 0.3 is 0 Å². The standard InChI is InChI=1S/C22H19O3S/c23-14-5-15-25-16-10-12-17(13-11-16)26-20-8-3-1-6-18(20)22(24)19-7-2-4-9-21(19)26/h1-4,6-13,23H,5,14-15H2/q+1. The van der Waals surface area contributed by atoms with E-state index < -0.39 is 0 Å². The van der Waals surface area contributed by atoms with E-state index in [-0.39, 0.29) is 22.5 Å². The van der Waals surface area contributed by atoms with Gasteiger partial charge in [0.25, 0.3) is 0 Å². The van der Waals surface area contributed by atoms with Crippen LogP contribution in [0.1, 0.15) is 6.42 Å². The summed E-state index contributed by atoms with van der Waals surface area (Å²) in [6, 6.07) is 23.8. The van der Waals surface area contributed by atoms with Gasteiger partial charge in [0.05, 0.1) is 17.4 Å². The van der Waals surface area contributed by atoms with Gasteiger partial charge in [-0.25, -0.2) is 0 Å². The van der Waals surface area contributed by atoms with Gasteiger partial charge in [0, 0.05) is 35.6 Å². The molecule has 0 aliphatic carbocycles. The second-order valence-corrected chi connectivity index (χ2v) is 7.99. The van der Waals surface area contributed by atoms with Gasteiger partial charge < -0.3 is 9.84 Å². The predicted octanol–water partition coefficient (Wildman–Crippen LogP) is 4.85. The number of benzene rings is 3. The van der Waals surface area contributed by atoms with Crippen molar-refractivity contribution >= 4 is 30.6 Å². The van der Waals surface area contributed by atoms with E-state index in [1.807, 2.05) is 48.5 Å². The molecular formula is C22H19O3S+. The molecule has 0 spiro atoms. The largest absolute Gasteiger partial charge is 0.494 e. The number of hydrogen-bond acceptors (Lipinski definition) is 3. The van der Waals surface area contributed by atoms with E-state index in [1.54, 1.807) is 0 Å². The maximum Gasteiger partial charge on any atom is 0.203 e. The van der Waals surface area contributed by atoms with Crippen LogP contribution in [0, 0.1) is 0 Å². The fraction of sp³-hybridized carbons (Fsp3) is 0.136. The first-order chi connectivity index (χ1) is 12.8. The smallest absolute Gasteiger partial charge is 0.203 e. The molecule has 4 rings (SSSR count). The second-order valence-electron chi connectivity index (χ2n) is 6.02. The van der Waals surface area contributed by atoms with Gasteiger partial charge in [0.1, 0.15) is 5.75 Å². The summed E-state index contributed by atoms with van der Waals surface area (Å²) in [5.74, 6) is 0.792. The summed E-state index contributed by atoms with van der Waals surface area (Å²) >= 11 is 0. The normalized spacial score (nSPS) is 11.1. The average molecular weight is 363 g/mol. The molecule has 3 aromatic carbocycles. The first kappa shape index (κ1) is 16.8. The molecule has 0 amide bonds. The van der Waals surface area contributed by atoms with Crippen molar-refractivity contribution in [3.8, 4) is 10.6 Å². The summed E-state index contributed by atoms with van der Waals surface area (Å²) in [6.07, 6.45) is 0.620. The molecule has 1 heterocycles. The van der Waals surface area contributed by atoms with Crippen LogP contribution in [0.25, 0.3) is 25.1 Å². The van der Waals surface area contributed by atoms with E-state index in [2.05, 4.69) is 24.3 Å². The summed E-state index contributed by atoms with van der Waals surface area (Å²) in [6.45, 7) is 0.630. The Labute approximate surface area is 154 Å². The van der Waals surface area contributed by atoms with E-state index >= 15 is 0 Å². The quantitative estimate of drug-likeness (QED) is 0.313. The second kappa shape index (κ2) is 7.28. The lowest BCUT2D eigenvalue weighted by atomic mass is 10.2. The van der Waals surface area contributed by atoms with E-state index in [0.29, 0.717) is 13.0 Å². The zero-order valence-corrected chi connectivity index (χ0v) is 15.0. The third kappa shape index (κ3) is 2.98. The topological polar surface area (TPSA) is 46.5 Å². The van der Waals surface area contributed by atoms with Gasteiger partial charge in [-0.05, 0) is 36.4 Å². The Kier molecular flexibility index (Phi) is 4.69. The molecule has 0 saturated heterocycles. The first-order valence-electron chi connectivity index (χ1n) is 8.60. The molecule has 130 valence electrons. The molecule has 4 aromatic rings. The van der Waals surface area contributed by atoms with Crippen LogP contribution in [0.4, 0.5) is 0 Å². The van der Waals surface area contributed by atoms with Crippen LogP contribution in [0.5, 0.6) is 5.75 Å². The van der Waals surface area contributed by atoms with Crippen molar-refractivity contribution < 1.29 is 9.84 Å². The molecule has 0 saturated carbocycles. The van der Waals surface area contributed by atoms with Crippen LogP contribution in [-0.4, -0.2) is 18.3 Å². The van der Waals surface area contributed by atoms with E-state index in [4.69, 9.17) is 9.84 Å². The van der Waals surface area contributed by atoms with E-state index in [1.165, 1.54) is 0 Å². The first-order valence-corrected chi connectivity index (χ1v) is 9.83. The van der Waals surface area contributed by atoms with E-state index in [0.717, 1.165) is 30.8 Å². The summed E-state index contributed by atoms with van der Waals surface area (Å²) < 4.78 is 7.78. The Morgan fingerprint density at radius 1 is 0.808 bits per heavy atom. The Bertz CT molecular complexity index is 1050. The summed E-state index contributed by atoms with van der Waals surface area (Å²) in [7, 11) is -0.311. The molecule has 0 aliphatic rings. The number of hydrogen-bond donors (Lipinski definition) is 1. The highest BCUT2D eigenvalue weighted by molar-refractivity contribution is 7.49. The van der Waals surface area contributed by atoms with Crippen LogP contribution in [-0.2, 0) is 0 Å². The molecule has 26 heavy (non-hydrogen) atoms. The van der Waals surface area contributed by atoms with Crippen LogP contribution < -0.4 is 10.2 Å². The highest BCUT2D eigenvalue weighted by atomic mass is 32.2. The SMILES string of the molecule is O=c1c2ccccc2[s+](-c2ccc(OCCCO)cc2)c2ccccc12. The van der Waals surface area contributed by atoms with Crippen molar-refractivity contribution in [2.45, 2.75) is 6.42 Å². The Morgan fingerprint density at radius 3 is 1.96 bits per heavy atom. The van der Waals surface area contributed by atoms with Gasteiger partial charge in [-0.1, -0.05) is 24.3 Å². The van der Waals surface area contributed by atoms with Crippen molar-refractivity contribution in [2.75, 3.05) is 13.2 Å². The number of ether oxygens (including phenoxy) is 1. The van der Waals surface area contributed by atoms with Crippen LogP contribution >= 0.6 is 10.5 Å². The zero-order valence-electron chi connectivity index (χ0n) is 14.2. The molecule has 0 aliphatic heterocycles. The Balaban J connectivity index is 1.90. The van der Waals surface area contributed by atoms with Gasteiger partial charge in [-0.3, -0.25) is 4.79 Å². The van der Waals surface area contributed by atoms with Gasteiger partial charge in [0.2, 0.25) is 5.43 Å². The molecule has 0 atom stereocenters. The van der Waals surface area contributed by atoms with Crippen molar-refractivity contribution in [1.29, 1.82) is 0 Å². The van der Waals surface area contributed by atoms with Crippen LogP contribution in [0.15, 0.2) is 77.6 Å². The molecule has 1 N–H and O–H groups in total. The van der Waals surface area contributed by atoms with E-state index in [9.17, 15) is 4.79 Å². The highest BCUT2D eigenvalue weighted by Crippen LogP contribution is 2.43. The fourth-order valence-corrected chi connectivity index (χ4v) is 5.45. The third-order valence-corrected chi connectivity index (χ3v) is 6.67. The summed E-state index contributed by atoms with van der Waals surface area (Å²) in [4.78, 5) is 14.0. The Morgan fingerprint density at radius 2 is 1.38 bits per heavy atom. The van der Waals surface area contributed by atoms with Crippen molar-refractivity contribution in [2.24, 2.45) is 0 Å². The summed E-state index contributed by atoms with van der Waals surface area (Å²) in [5, 5.41) is 10.4. The van der Waals surface area contributed by atoms with Crippen molar-refractivity contribution in [3.63, 3.8) is 0 Å².